The lowest BCUT2D eigenvalue weighted by Gasteiger charge is -2.26. The van der Waals surface area contributed by atoms with Gasteiger partial charge in [0.15, 0.2) is 0 Å². The van der Waals surface area contributed by atoms with E-state index in [-0.39, 0.29) is 12.2 Å². The molecule has 1 aliphatic rings. The highest BCUT2D eigenvalue weighted by atomic mass is 19.4. The summed E-state index contributed by atoms with van der Waals surface area (Å²) in [7, 11) is 0. The molecule has 1 saturated heterocycles. The lowest BCUT2D eigenvalue weighted by atomic mass is 10.1. The third kappa shape index (κ3) is 9.87. The number of para-hydroxylation sites is 1. The topological polar surface area (TPSA) is 128 Å². The molecule has 1 fully saturated rings. The fourth-order valence-corrected chi connectivity index (χ4v) is 2.30. The van der Waals surface area contributed by atoms with Gasteiger partial charge in [0, 0.05) is 26.2 Å². The fourth-order valence-electron chi connectivity index (χ4n) is 2.30. The molecule has 0 aromatic heterocycles. The van der Waals surface area contributed by atoms with Crippen LogP contribution in [0.2, 0.25) is 0 Å². The van der Waals surface area contributed by atoms with Crippen LogP contribution in [0.5, 0.6) is 0 Å². The second kappa shape index (κ2) is 12.0. The highest BCUT2D eigenvalue weighted by Gasteiger charge is 2.33. The number of ether oxygens (including phenoxy) is 1. The van der Waals surface area contributed by atoms with Gasteiger partial charge in [0.1, 0.15) is 0 Å². The van der Waals surface area contributed by atoms with E-state index in [9.17, 15) is 18.0 Å². The van der Waals surface area contributed by atoms with Gasteiger partial charge in [0.05, 0.1) is 31.0 Å². The summed E-state index contributed by atoms with van der Waals surface area (Å²) in [6, 6.07) is 4.94. The summed E-state index contributed by atoms with van der Waals surface area (Å²) in [5, 5.41) is 20.0. The van der Waals surface area contributed by atoms with Gasteiger partial charge < -0.3 is 25.6 Å². The van der Waals surface area contributed by atoms with E-state index in [1.807, 2.05) is 0 Å². The van der Waals surface area contributed by atoms with Gasteiger partial charge in [-0.3, -0.25) is 9.69 Å². The first-order valence-electron chi connectivity index (χ1n) is 8.54. The highest BCUT2D eigenvalue weighted by Crippen LogP contribution is 2.34. The van der Waals surface area contributed by atoms with Crippen molar-refractivity contribution in [2.24, 2.45) is 0 Å². The summed E-state index contributed by atoms with van der Waals surface area (Å²) in [6.07, 6.45) is -4.49. The largest absolute Gasteiger partial charge is 0.473 e. The van der Waals surface area contributed by atoms with Crippen molar-refractivity contribution in [3.63, 3.8) is 0 Å². The summed E-state index contributed by atoms with van der Waals surface area (Å²) >= 11 is 0. The summed E-state index contributed by atoms with van der Waals surface area (Å²) in [6.45, 7) is 4.45. The maximum absolute atomic E-state index is 12.8. The zero-order valence-corrected chi connectivity index (χ0v) is 15.4. The van der Waals surface area contributed by atoms with Gasteiger partial charge >= 0.3 is 18.1 Å². The van der Waals surface area contributed by atoms with E-state index in [1.165, 1.54) is 18.2 Å². The van der Waals surface area contributed by atoms with Crippen molar-refractivity contribution < 1.29 is 42.5 Å². The Kier molecular flexibility index (Phi) is 10.1. The van der Waals surface area contributed by atoms with Crippen LogP contribution in [0.1, 0.15) is 5.56 Å². The minimum Gasteiger partial charge on any atom is -0.473 e. The summed E-state index contributed by atoms with van der Waals surface area (Å²) < 4.78 is 43.7. The first-order chi connectivity index (χ1) is 13.6. The van der Waals surface area contributed by atoms with Crippen LogP contribution in [-0.2, 0) is 25.3 Å². The molecule has 0 radical (unpaired) electrons. The van der Waals surface area contributed by atoms with Gasteiger partial charge in [-0.05, 0) is 12.1 Å². The van der Waals surface area contributed by atoms with E-state index >= 15 is 0 Å². The van der Waals surface area contributed by atoms with Crippen molar-refractivity contribution in [1.29, 1.82) is 0 Å². The van der Waals surface area contributed by atoms with Gasteiger partial charge in [-0.25, -0.2) is 9.59 Å². The molecule has 0 atom stereocenters. The second-order valence-corrected chi connectivity index (χ2v) is 5.83. The molecule has 1 aliphatic heterocycles. The standard InChI is InChI=1S/C15H20F3N3O2.C2H2O4/c16-15(17,18)12-3-1-2-4-13(12)20-14(22)11-19-5-6-21-7-9-23-10-8-21;3-1(4)2(5)6/h1-4,19H,5-11H2,(H,20,22);(H,3,4)(H,5,6). The smallest absolute Gasteiger partial charge is 0.418 e. The molecule has 9 nitrogen and oxygen atoms in total. The lowest BCUT2D eigenvalue weighted by molar-refractivity contribution is -0.159. The number of carboxylic acids is 2. The first-order valence-corrected chi connectivity index (χ1v) is 8.54. The molecular weight excluding hydrogens is 399 g/mol. The van der Waals surface area contributed by atoms with Gasteiger partial charge in [-0.2, -0.15) is 13.2 Å². The molecule has 1 heterocycles. The lowest BCUT2D eigenvalue weighted by Crippen LogP contribution is -2.41. The number of anilines is 1. The number of aliphatic carboxylic acids is 2. The van der Waals surface area contributed by atoms with Gasteiger partial charge in [-0.15, -0.1) is 0 Å². The number of halogens is 3. The molecule has 1 aromatic rings. The fraction of sp³-hybridized carbons (Fsp3) is 0.471. The maximum atomic E-state index is 12.8. The highest BCUT2D eigenvalue weighted by molar-refractivity contribution is 6.27. The van der Waals surface area contributed by atoms with Gasteiger partial charge in [0.25, 0.3) is 0 Å². The summed E-state index contributed by atoms with van der Waals surface area (Å²) in [5.41, 5.74) is -1.07. The third-order valence-electron chi connectivity index (χ3n) is 3.68. The third-order valence-corrected chi connectivity index (χ3v) is 3.68. The van der Waals surface area contributed by atoms with E-state index in [1.54, 1.807) is 0 Å². The number of carboxylic acid groups (broad SMARTS) is 2. The van der Waals surface area contributed by atoms with Crippen molar-refractivity contribution in [2.75, 3.05) is 51.3 Å². The molecule has 0 aliphatic carbocycles. The Bertz CT molecular complexity index is 681. The molecule has 0 unspecified atom stereocenters. The van der Waals surface area contributed by atoms with Crippen molar-refractivity contribution in [3.05, 3.63) is 29.8 Å². The quantitative estimate of drug-likeness (QED) is 0.391. The summed E-state index contributed by atoms with van der Waals surface area (Å²) in [5.74, 6) is -4.14. The molecule has 29 heavy (non-hydrogen) atoms. The number of nitrogens with zero attached hydrogens (tertiary/aromatic N) is 1. The Labute approximate surface area is 164 Å². The Balaban J connectivity index is 0.000000612. The molecular formula is C17H22F3N3O6. The number of morpholine rings is 1. The Morgan fingerprint density at radius 3 is 2.21 bits per heavy atom. The molecule has 2 rings (SSSR count). The number of hydrogen-bond acceptors (Lipinski definition) is 6. The van der Waals surface area contributed by atoms with Crippen molar-refractivity contribution >= 4 is 23.5 Å². The SMILES string of the molecule is O=C(CNCCN1CCOCC1)Nc1ccccc1C(F)(F)F.O=C(O)C(=O)O. The number of nitrogens with one attached hydrogen (secondary N) is 2. The van der Waals surface area contributed by atoms with E-state index in [0.29, 0.717) is 19.8 Å². The molecule has 4 N–H and O–H groups in total. The van der Waals surface area contributed by atoms with Crippen LogP contribution < -0.4 is 10.6 Å². The predicted octanol–water partition coefficient (Wildman–Crippen LogP) is 0.721. The van der Waals surface area contributed by atoms with Crippen LogP contribution in [0.15, 0.2) is 24.3 Å². The average Bonchev–Trinajstić information content (AvgIpc) is 2.66. The molecule has 1 aromatic carbocycles. The second-order valence-electron chi connectivity index (χ2n) is 5.83. The Hall–Kier alpha value is -2.70. The Morgan fingerprint density at radius 1 is 1.07 bits per heavy atom. The van der Waals surface area contributed by atoms with Crippen molar-refractivity contribution in [2.45, 2.75) is 6.18 Å². The number of amides is 1. The number of alkyl halides is 3. The number of hydrogen-bond donors (Lipinski definition) is 4. The van der Waals surface area contributed by atoms with Crippen molar-refractivity contribution in [1.82, 2.24) is 10.2 Å². The first kappa shape index (κ1) is 24.3. The van der Waals surface area contributed by atoms with E-state index in [4.69, 9.17) is 24.5 Å². The minimum atomic E-state index is -4.49. The van der Waals surface area contributed by atoms with E-state index in [0.717, 1.165) is 25.7 Å². The van der Waals surface area contributed by atoms with Crippen LogP contribution >= 0.6 is 0 Å². The van der Waals surface area contributed by atoms with Crippen molar-refractivity contribution in [3.8, 4) is 0 Å². The van der Waals surface area contributed by atoms with Crippen LogP contribution in [0.3, 0.4) is 0 Å². The van der Waals surface area contributed by atoms with Gasteiger partial charge in [0.2, 0.25) is 5.91 Å². The molecule has 0 spiro atoms. The Morgan fingerprint density at radius 2 is 1.66 bits per heavy atom. The monoisotopic (exact) mass is 421 g/mol. The zero-order valence-electron chi connectivity index (χ0n) is 15.4. The minimum absolute atomic E-state index is 0.0312. The van der Waals surface area contributed by atoms with Crippen LogP contribution in [0.25, 0.3) is 0 Å². The number of benzene rings is 1. The van der Waals surface area contributed by atoms with Crippen LogP contribution in [0.4, 0.5) is 18.9 Å². The number of carbonyl (C=O) groups excluding carboxylic acids is 1. The zero-order chi connectivity index (χ0) is 21.9. The van der Waals surface area contributed by atoms with E-state index in [2.05, 4.69) is 15.5 Å². The maximum Gasteiger partial charge on any atom is 0.418 e. The van der Waals surface area contributed by atoms with Gasteiger partial charge in [-0.1, -0.05) is 12.1 Å². The molecule has 1 amide bonds. The van der Waals surface area contributed by atoms with E-state index < -0.39 is 29.6 Å². The molecule has 0 saturated carbocycles. The molecule has 12 heteroatoms. The predicted molar refractivity (Wildman–Crippen MR) is 95.5 cm³/mol. The number of carbonyl (C=O) groups is 3. The van der Waals surface area contributed by atoms with Crippen LogP contribution in [0, 0.1) is 0 Å². The molecule has 0 bridgehead atoms. The summed E-state index contributed by atoms with van der Waals surface area (Å²) in [4.78, 5) is 32.2. The molecule has 162 valence electrons. The number of rotatable bonds is 6. The normalized spacial score (nSPS) is 14.4. The van der Waals surface area contributed by atoms with Crippen LogP contribution in [-0.4, -0.2) is 78.9 Å². The average molecular weight is 421 g/mol.